The molecule has 0 amide bonds. The van der Waals surface area contributed by atoms with Crippen molar-refractivity contribution in [1.82, 2.24) is 9.55 Å². The van der Waals surface area contributed by atoms with E-state index in [-0.39, 0.29) is 5.62 Å². The normalized spacial score (nSPS) is 12.7. The van der Waals surface area contributed by atoms with Gasteiger partial charge in [0.2, 0.25) is 5.62 Å². The zero-order valence-electron chi connectivity index (χ0n) is 13.4. The third kappa shape index (κ3) is 2.36. The molecule has 1 aromatic heterocycles. The van der Waals surface area contributed by atoms with Gasteiger partial charge in [0.1, 0.15) is 17.9 Å². The fourth-order valence-corrected chi connectivity index (χ4v) is 3.01. The molecule has 4 rings (SSSR count). The lowest BCUT2D eigenvalue weighted by Crippen LogP contribution is -2.21. The highest BCUT2D eigenvalue weighted by Gasteiger charge is 2.19. The van der Waals surface area contributed by atoms with Crippen LogP contribution in [0.25, 0.3) is 10.9 Å². The fraction of sp³-hybridized carbons (Fsp3) is 0.222. The summed E-state index contributed by atoms with van der Waals surface area (Å²) in [7, 11) is 1.60. The Labute approximate surface area is 139 Å². The molecular formula is C18H18N4O2. The van der Waals surface area contributed by atoms with Crippen molar-refractivity contribution >= 4 is 16.7 Å². The third-order valence-electron chi connectivity index (χ3n) is 4.16. The van der Waals surface area contributed by atoms with Crippen molar-refractivity contribution in [3.8, 4) is 11.5 Å². The second kappa shape index (κ2) is 5.88. The molecule has 0 saturated carbocycles. The molecular weight excluding hydrogens is 304 g/mol. The van der Waals surface area contributed by atoms with Crippen LogP contribution in [0.3, 0.4) is 0 Å². The summed E-state index contributed by atoms with van der Waals surface area (Å²) in [5, 5.41) is 12.4. The number of nitrogens with zero attached hydrogens (tertiary/aromatic N) is 2. The molecule has 24 heavy (non-hydrogen) atoms. The fourth-order valence-electron chi connectivity index (χ4n) is 3.01. The van der Waals surface area contributed by atoms with Crippen molar-refractivity contribution in [1.29, 1.82) is 5.41 Å². The summed E-state index contributed by atoms with van der Waals surface area (Å²) < 4.78 is 13.3. The van der Waals surface area contributed by atoms with E-state index in [0.29, 0.717) is 23.6 Å². The van der Waals surface area contributed by atoms with Gasteiger partial charge in [-0.15, -0.1) is 0 Å². The van der Waals surface area contributed by atoms with Crippen molar-refractivity contribution < 1.29 is 9.47 Å². The Morgan fingerprint density at radius 3 is 2.83 bits per heavy atom. The molecule has 3 aromatic rings. The van der Waals surface area contributed by atoms with E-state index >= 15 is 0 Å². The summed E-state index contributed by atoms with van der Waals surface area (Å²) in [6.45, 7) is 2.02. The molecule has 2 N–H and O–H groups in total. The van der Waals surface area contributed by atoms with Crippen molar-refractivity contribution in [3.05, 3.63) is 53.6 Å². The van der Waals surface area contributed by atoms with Crippen LogP contribution < -0.4 is 20.4 Å². The topological polar surface area (TPSA) is 72.2 Å². The highest BCUT2D eigenvalue weighted by Crippen LogP contribution is 2.37. The van der Waals surface area contributed by atoms with Gasteiger partial charge in [-0.05, 0) is 17.7 Å². The van der Waals surface area contributed by atoms with E-state index in [1.54, 1.807) is 7.11 Å². The molecule has 0 saturated heterocycles. The Morgan fingerprint density at radius 1 is 1.21 bits per heavy atom. The molecule has 0 atom stereocenters. The zero-order valence-corrected chi connectivity index (χ0v) is 13.4. The molecule has 1 aliphatic rings. The molecule has 0 aliphatic carbocycles. The van der Waals surface area contributed by atoms with Gasteiger partial charge in [0.25, 0.3) is 0 Å². The number of hydrogen-bond acceptors (Lipinski definition) is 5. The van der Waals surface area contributed by atoms with Gasteiger partial charge in [0.05, 0.1) is 7.11 Å². The largest absolute Gasteiger partial charge is 0.491 e. The summed E-state index contributed by atoms with van der Waals surface area (Å²) in [4.78, 5) is 4.42. The van der Waals surface area contributed by atoms with Crippen LogP contribution >= 0.6 is 0 Å². The average molecular weight is 322 g/mol. The van der Waals surface area contributed by atoms with Gasteiger partial charge >= 0.3 is 0 Å². The van der Waals surface area contributed by atoms with E-state index < -0.39 is 0 Å². The second-order valence-electron chi connectivity index (χ2n) is 5.63. The third-order valence-corrected chi connectivity index (χ3v) is 4.16. The van der Waals surface area contributed by atoms with E-state index in [4.69, 9.17) is 14.9 Å². The van der Waals surface area contributed by atoms with E-state index in [1.807, 2.05) is 47.0 Å². The monoisotopic (exact) mass is 322 g/mol. The molecule has 0 fully saturated rings. The van der Waals surface area contributed by atoms with Gasteiger partial charge in [-0.3, -0.25) is 9.98 Å². The first-order valence-corrected chi connectivity index (χ1v) is 7.84. The van der Waals surface area contributed by atoms with Crippen molar-refractivity contribution in [2.45, 2.75) is 13.2 Å². The smallest absolute Gasteiger partial charge is 0.224 e. The quantitative estimate of drug-likeness (QED) is 0.774. The Morgan fingerprint density at radius 2 is 2.04 bits per heavy atom. The van der Waals surface area contributed by atoms with Crippen LogP contribution in [0, 0.1) is 5.41 Å². The van der Waals surface area contributed by atoms with Crippen LogP contribution in [0.5, 0.6) is 11.5 Å². The maximum Gasteiger partial charge on any atom is 0.224 e. The number of aromatic nitrogens is 2. The zero-order chi connectivity index (χ0) is 16.5. The Kier molecular flexibility index (Phi) is 3.57. The predicted molar refractivity (Wildman–Crippen MR) is 91.4 cm³/mol. The highest BCUT2D eigenvalue weighted by molar-refractivity contribution is 5.95. The van der Waals surface area contributed by atoms with Gasteiger partial charge in [-0.1, -0.05) is 30.3 Å². The molecule has 0 bridgehead atoms. The van der Waals surface area contributed by atoms with Crippen LogP contribution in [0.2, 0.25) is 0 Å². The van der Waals surface area contributed by atoms with E-state index in [2.05, 4.69) is 10.3 Å². The minimum absolute atomic E-state index is 0.223. The van der Waals surface area contributed by atoms with Crippen LogP contribution in [-0.2, 0) is 13.2 Å². The van der Waals surface area contributed by atoms with Crippen molar-refractivity contribution in [2.75, 3.05) is 19.0 Å². The first-order chi connectivity index (χ1) is 11.8. The van der Waals surface area contributed by atoms with Crippen molar-refractivity contribution in [2.24, 2.45) is 0 Å². The SMILES string of the molecule is COc1c(OCc2ccccc2)ccc2c3n(c(=N)nc12)CCN3. The van der Waals surface area contributed by atoms with Crippen LogP contribution in [0.15, 0.2) is 42.5 Å². The number of fused-ring (bicyclic) bond motifs is 3. The standard InChI is InChI=1S/C18H18N4O2/c1-23-16-14(24-11-12-5-3-2-4-6-12)8-7-13-15(16)21-18(19)22-10-9-20-17(13)22/h2-8,19-20H,9-11H2,1H3. The molecule has 2 heterocycles. The van der Waals surface area contributed by atoms with Gasteiger partial charge in [-0.2, -0.15) is 0 Å². The highest BCUT2D eigenvalue weighted by atomic mass is 16.5. The van der Waals surface area contributed by atoms with Crippen LogP contribution in [0.4, 0.5) is 5.82 Å². The lowest BCUT2D eigenvalue weighted by atomic mass is 10.2. The molecule has 1 aliphatic heterocycles. The summed E-state index contributed by atoms with van der Waals surface area (Å²) in [5.74, 6) is 2.11. The number of benzene rings is 2. The minimum Gasteiger partial charge on any atom is -0.491 e. The van der Waals surface area contributed by atoms with E-state index in [0.717, 1.165) is 29.9 Å². The molecule has 6 heteroatoms. The second-order valence-corrected chi connectivity index (χ2v) is 5.63. The summed E-state index contributed by atoms with van der Waals surface area (Å²) in [5.41, 5.74) is 1.95. The van der Waals surface area contributed by atoms with E-state index in [1.165, 1.54) is 0 Å². The first-order valence-electron chi connectivity index (χ1n) is 7.84. The summed E-state index contributed by atoms with van der Waals surface area (Å²) in [6.07, 6.45) is 0. The predicted octanol–water partition coefficient (Wildman–Crippen LogP) is 2.53. The summed E-state index contributed by atoms with van der Waals surface area (Å²) in [6, 6.07) is 13.8. The maximum atomic E-state index is 8.13. The van der Waals surface area contributed by atoms with E-state index in [9.17, 15) is 0 Å². The number of ether oxygens (including phenoxy) is 2. The van der Waals surface area contributed by atoms with Gasteiger partial charge < -0.3 is 14.8 Å². The Bertz CT molecular complexity index is 951. The summed E-state index contributed by atoms with van der Waals surface area (Å²) >= 11 is 0. The molecule has 0 spiro atoms. The molecule has 2 aromatic carbocycles. The lowest BCUT2D eigenvalue weighted by Gasteiger charge is -2.14. The van der Waals surface area contributed by atoms with Crippen LogP contribution in [0.1, 0.15) is 5.56 Å². The number of anilines is 1. The maximum absolute atomic E-state index is 8.13. The Hall–Kier alpha value is -3.02. The number of rotatable bonds is 4. The van der Waals surface area contributed by atoms with Gasteiger partial charge in [0, 0.05) is 18.5 Å². The van der Waals surface area contributed by atoms with Gasteiger partial charge in [-0.25, -0.2) is 4.98 Å². The number of nitrogens with one attached hydrogen (secondary N) is 2. The average Bonchev–Trinajstić information content (AvgIpc) is 3.11. The molecule has 122 valence electrons. The van der Waals surface area contributed by atoms with Crippen molar-refractivity contribution in [3.63, 3.8) is 0 Å². The first kappa shape index (κ1) is 14.6. The number of hydrogen-bond donors (Lipinski definition) is 2. The Balaban J connectivity index is 1.77. The molecule has 0 unspecified atom stereocenters. The number of methoxy groups -OCH3 is 1. The lowest BCUT2D eigenvalue weighted by molar-refractivity contribution is 0.286. The van der Waals surface area contributed by atoms with Gasteiger partial charge in [0.15, 0.2) is 11.5 Å². The molecule has 0 radical (unpaired) electrons. The van der Waals surface area contributed by atoms with Crippen LogP contribution in [-0.4, -0.2) is 23.2 Å². The minimum atomic E-state index is 0.223. The molecule has 6 nitrogen and oxygen atoms in total.